The summed E-state index contributed by atoms with van der Waals surface area (Å²) >= 11 is 5.89. The number of aromatic nitrogens is 2. The molecule has 18 heavy (non-hydrogen) atoms. The highest BCUT2D eigenvalue weighted by molar-refractivity contribution is 6.30. The van der Waals surface area contributed by atoms with Crippen LogP contribution in [0.25, 0.3) is 0 Å². The van der Waals surface area contributed by atoms with E-state index in [1.807, 2.05) is 13.8 Å². The molecule has 2 aromatic rings. The van der Waals surface area contributed by atoms with Gasteiger partial charge in [0.15, 0.2) is 0 Å². The molecule has 5 heteroatoms. The van der Waals surface area contributed by atoms with E-state index in [1.165, 1.54) is 0 Å². The SMILES string of the molecule is Cc1nc(N)c(C(O)c2cccc(Cl)c2)nc1C. The van der Waals surface area contributed by atoms with Crippen LogP contribution in [0, 0.1) is 13.8 Å². The maximum absolute atomic E-state index is 10.3. The summed E-state index contributed by atoms with van der Waals surface area (Å²) in [6.07, 6.45) is -0.921. The van der Waals surface area contributed by atoms with Crippen molar-refractivity contribution in [1.29, 1.82) is 0 Å². The summed E-state index contributed by atoms with van der Waals surface area (Å²) in [4.78, 5) is 8.46. The molecule has 0 fully saturated rings. The predicted molar refractivity (Wildman–Crippen MR) is 71.4 cm³/mol. The molecule has 0 saturated carbocycles. The molecule has 0 bridgehead atoms. The van der Waals surface area contributed by atoms with E-state index in [9.17, 15) is 5.11 Å². The molecule has 0 spiro atoms. The summed E-state index contributed by atoms with van der Waals surface area (Å²) in [6, 6.07) is 6.97. The van der Waals surface area contributed by atoms with Crippen LogP contribution in [0.1, 0.15) is 28.7 Å². The molecule has 2 rings (SSSR count). The Kier molecular flexibility index (Phi) is 3.50. The Balaban J connectivity index is 2.46. The fraction of sp³-hybridized carbons (Fsp3) is 0.231. The number of benzene rings is 1. The largest absolute Gasteiger partial charge is 0.382 e. The number of aryl methyl sites for hydroxylation is 2. The topological polar surface area (TPSA) is 72.0 Å². The number of aliphatic hydroxyl groups is 1. The Bertz CT molecular complexity index is 586. The first-order valence-electron chi connectivity index (χ1n) is 5.53. The van der Waals surface area contributed by atoms with Crippen LogP contribution in [0.3, 0.4) is 0 Å². The fourth-order valence-electron chi connectivity index (χ4n) is 1.67. The normalized spacial score (nSPS) is 12.4. The van der Waals surface area contributed by atoms with Crippen molar-refractivity contribution in [2.24, 2.45) is 0 Å². The van der Waals surface area contributed by atoms with E-state index in [0.29, 0.717) is 16.3 Å². The highest BCUT2D eigenvalue weighted by Crippen LogP contribution is 2.26. The zero-order valence-corrected chi connectivity index (χ0v) is 10.9. The van der Waals surface area contributed by atoms with Crippen molar-refractivity contribution in [3.63, 3.8) is 0 Å². The number of nitrogen functional groups attached to an aromatic ring is 1. The summed E-state index contributed by atoms with van der Waals surface area (Å²) in [5, 5.41) is 10.8. The predicted octanol–water partition coefficient (Wildman–Crippen LogP) is 2.41. The molecule has 0 aliphatic rings. The zero-order valence-electron chi connectivity index (χ0n) is 10.2. The summed E-state index contributed by atoms with van der Waals surface area (Å²) in [5.74, 6) is 0.241. The lowest BCUT2D eigenvalue weighted by Crippen LogP contribution is -2.10. The standard InChI is InChI=1S/C13H14ClN3O/c1-7-8(2)17-13(15)11(16-7)12(18)9-4-3-5-10(14)6-9/h3-6,12,18H,1-2H3,(H2,15,17). The second kappa shape index (κ2) is 4.92. The van der Waals surface area contributed by atoms with Gasteiger partial charge < -0.3 is 10.8 Å². The van der Waals surface area contributed by atoms with E-state index < -0.39 is 6.10 Å². The van der Waals surface area contributed by atoms with Gasteiger partial charge in [-0.1, -0.05) is 23.7 Å². The van der Waals surface area contributed by atoms with Crippen molar-refractivity contribution >= 4 is 17.4 Å². The van der Waals surface area contributed by atoms with Gasteiger partial charge in [0.2, 0.25) is 0 Å². The molecular weight excluding hydrogens is 250 g/mol. The van der Waals surface area contributed by atoms with Gasteiger partial charge in [-0.3, -0.25) is 0 Å². The molecule has 0 saturated heterocycles. The van der Waals surface area contributed by atoms with Gasteiger partial charge in [0.05, 0.1) is 11.4 Å². The monoisotopic (exact) mass is 263 g/mol. The molecule has 4 nitrogen and oxygen atoms in total. The fourth-order valence-corrected chi connectivity index (χ4v) is 1.87. The van der Waals surface area contributed by atoms with Crippen LogP contribution in [-0.4, -0.2) is 15.1 Å². The number of anilines is 1. The van der Waals surface area contributed by atoms with Crippen LogP contribution >= 0.6 is 11.6 Å². The first kappa shape index (κ1) is 12.8. The molecule has 1 unspecified atom stereocenters. The van der Waals surface area contributed by atoms with Crippen LogP contribution in [-0.2, 0) is 0 Å². The smallest absolute Gasteiger partial charge is 0.148 e. The number of halogens is 1. The van der Waals surface area contributed by atoms with E-state index in [4.69, 9.17) is 17.3 Å². The molecule has 0 aliphatic carbocycles. The van der Waals surface area contributed by atoms with Crippen molar-refractivity contribution in [3.05, 3.63) is 51.9 Å². The number of hydrogen-bond acceptors (Lipinski definition) is 4. The Morgan fingerprint density at radius 2 is 1.89 bits per heavy atom. The second-order valence-corrected chi connectivity index (χ2v) is 4.56. The molecule has 1 heterocycles. The van der Waals surface area contributed by atoms with Gasteiger partial charge in [0, 0.05) is 5.02 Å². The lowest BCUT2D eigenvalue weighted by atomic mass is 10.1. The highest BCUT2D eigenvalue weighted by atomic mass is 35.5. The van der Waals surface area contributed by atoms with Gasteiger partial charge in [-0.05, 0) is 31.5 Å². The van der Waals surface area contributed by atoms with E-state index in [0.717, 1.165) is 11.4 Å². The summed E-state index contributed by atoms with van der Waals surface area (Å²) in [6.45, 7) is 3.66. The molecule has 1 atom stereocenters. The quantitative estimate of drug-likeness (QED) is 0.873. The lowest BCUT2D eigenvalue weighted by Gasteiger charge is -2.14. The second-order valence-electron chi connectivity index (χ2n) is 4.12. The minimum absolute atomic E-state index is 0.241. The third-order valence-electron chi connectivity index (χ3n) is 2.79. The summed E-state index contributed by atoms with van der Waals surface area (Å²) in [5.41, 5.74) is 8.32. The van der Waals surface area contributed by atoms with Crippen molar-refractivity contribution in [3.8, 4) is 0 Å². The van der Waals surface area contributed by atoms with Crippen LogP contribution < -0.4 is 5.73 Å². The van der Waals surface area contributed by atoms with E-state index in [2.05, 4.69) is 9.97 Å². The third kappa shape index (κ3) is 2.44. The van der Waals surface area contributed by atoms with Crippen LogP contribution in [0.5, 0.6) is 0 Å². The molecule has 1 aromatic carbocycles. The van der Waals surface area contributed by atoms with Gasteiger partial charge >= 0.3 is 0 Å². The molecule has 94 valence electrons. The molecule has 0 amide bonds. The minimum Gasteiger partial charge on any atom is -0.382 e. The van der Waals surface area contributed by atoms with Crippen LogP contribution in [0.4, 0.5) is 5.82 Å². The molecule has 1 aromatic heterocycles. The van der Waals surface area contributed by atoms with E-state index >= 15 is 0 Å². The summed E-state index contributed by atoms with van der Waals surface area (Å²) < 4.78 is 0. The molecule has 3 N–H and O–H groups in total. The Labute approximate surface area is 110 Å². The molecular formula is C13H14ClN3O. The average molecular weight is 264 g/mol. The van der Waals surface area contributed by atoms with Gasteiger partial charge in [-0.25, -0.2) is 9.97 Å². The maximum Gasteiger partial charge on any atom is 0.148 e. The maximum atomic E-state index is 10.3. The number of hydrogen-bond donors (Lipinski definition) is 2. The van der Waals surface area contributed by atoms with Crippen molar-refractivity contribution in [1.82, 2.24) is 9.97 Å². The zero-order chi connectivity index (χ0) is 13.3. The molecule has 0 aliphatic heterocycles. The Morgan fingerprint density at radius 3 is 2.56 bits per heavy atom. The van der Waals surface area contributed by atoms with Crippen LogP contribution in [0.2, 0.25) is 5.02 Å². The Morgan fingerprint density at radius 1 is 1.22 bits per heavy atom. The van der Waals surface area contributed by atoms with Gasteiger partial charge in [-0.2, -0.15) is 0 Å². The third-order valence-corrected chi connectivity index (χ3v) is 3.02. The number of rotatable bonds is 2. The van der Waals surface area contributed by atoms with E-state index in [-0.39, 0.29) is 5.82 Å². The van der Waals surface area contributed by atoms with Crippen molar-refractivity contribution < 1.29 is 5.11 Å². The average Bonchev–Trinajstić information content (AvgIpc) is 2.33. The van der Waals surface area contributed by atoms with Gasteiger partial charge in [-0.15, -0.1) is 0 Å². The molecule has 0 radical (unpaired) electrons. The number of nitrogens with two attached hydrogens (primary N) is 1. The summed E-state index contributed by atoms with van der Waals surface area (Å²) in [7, 11) is 0. The number of nitrogens with zero attached hydrogens (tertiary/aromatic N) is 2. The van der Waals surface area contributed by atoms with Crippen molar-refractivity contribution in [2.75, 3.05) is 5.73 Å². The first-order valence-corrected chi connectivity index (χ1v) is 5.91. The van der Waals surface area contributed by atoms with Gasteiger partial charge in [0.1, 0.15) is 17.6 Å². The van der Waals surface area contributed by atoms with E-state index in [1.54, 1.807) is 24.3 Å². The minimum atomic E-state index is -0.921. The first-order chi connectivity index (χ1) is 8.49. The van der Waals surface area contributed by atoms with Gasteiger partial charge in [0.25, 0.3) is 0 Å². The highest BCUT2D eigenvalue weighted by Gasteiger charge is 2.17. The lowest BCUT2D eigenvalue weighted by molar-refractivity contribution is 0.215. The Hall–Kier alpha value is -1.65. The van der Waals surface area contributed by atoms with Crippen molar-refractivity contribution in [2.45, 2.75) is 20.0 Å². The number of aliphatic hydroxyl groups excluding tert-OH is 1. The van der Waals surface area contributed by atoms with Crippen LogP contribution in [0.15, 0.2) is 24.3 Å².